The lowest BCUT2D eigenvalue weighted by atomic mass is 9.95. The van der Waals surface area contributed by atoms with Crippen LogP contribution in [0.2, 0.25) is 0 Å². The summed E-state index contributed by atoms with van der Waals surface area (Å²) in [5.41, 5.74) is 0.467. The highest BCUT2D eigenvalue weighted by Gasteiger charge is 2.64. The molecule has 1 aromatic carbocycles. The van der Waals surface area contributed by atoms with E-state index in [1.54, 1.807) is 61.0 Å². The number of esters is 1. The number of carboxylic acids is 1. The molecule has 2 saturated heterocycles. The standard InChI is InChI=1S/C21H20N2O6S2/c1-21(2)15(19(26)27)23-17(25)14(18(23)31-21)22-16(24)13(11-8-9-30-10-11)20(28)29-12-6-4-3-5-7-12/h3-10,13-15,18H,1-2H3,(H,22,24)(H,26,27)/t13?,14?,15-,18+/m0/s1. The van der Waals surface area contributed by atoms with Crippen molar-refractivity contribution in [2.45, 2.75) is 42.0 Å². The van der Waals surface area contributed by atoms with Gasteiger partial charge in [-0.25, -0.2) is 4.79 Å². The van der Waals surface area contributed by atoms with Gasteiger partial charge < -0.3 is 20.1 Å². The summed E-state index contributed by atoms with van der Waals surface area (Å²) in [7, 11) is 0. The topological polar surface area (TPSA) is 113 Å². The molecule has 2 aliphatic rings. The highest BCUT2D eigenvalue weighted by atomic mass is 32.2. The lowest BCUT2D eigenvalue weighted by Crippen LogP contribution is -2.71. The number of amides is 2. The van der Waals surface area contributed by atoms with E-state index >= 15 is 0 Å². The molecule has 162 valence electrons. The van der Waals surface area contributed by atoms with E-state index in [-0.39, 0.29) is 0 Å². The molecule has 10 heteroatoms. The first-order valence-electron chi connectivity index (χ1n) is 9.53. The second-order valence-electron chi connectivity index (χ2n) is 7.81. The Labute approximate surface area is 186 Å². The van der Waals surface area contributed by atoms with Crippen LogP contribution in [0.15, 0.2) is 47.2 Å². The zero-order valence-electron chi connectivity index (χ0n) is 16.7. The molecule has 0 aliphatic carbocycles. The largest absolute Gasteiger partial charge is 0.480 e. The van der Waals surface area contributed by atoms with Gasteiger partial charge in [0.25, 0.3) is 0 Å². The Morgan fingerprint density at radius 1 is 1.19 bits per heavy atom. The van der Waals surface area contributed by atoms with Crippen LogP contribution in [0.3, 0.4) is 0 Å². The summed E-state index contributed by atoms with van der Waals surface area (Å²) in [6.07, 6.45) is 0. The molecule has 2 fully saturated rings. The third-order valence-electron chi connectivity index (χ3n) is 5.31. The maximum Gasteiger partial charge on any atom is 0.328 e. The Hall–Kier alpha value is -2.85. The Bertz CT molecular complexity index is 1020. The number of nitrogens with one attached hydrogen (secondary N) is 1. The molecule has 2 aliphatic heterocycles. The summed E-state index contributed by atoms with van der Waals surface area (Å²) in [4.78, 5) is 51.5. The van der Waals surface area contributed by atoms with Crippen molar-refractivity contribution in [1.29, 1.82) is 0 Å². The number of carboxylic acid groups (broad SMARTS) is 1. The van der Waals surface area contributed by atoms with Crippen molar-refractivity contribution >= 4 is 46.9 Å². The Morgan fingerprint density at radius 2 is 1.90 bits per heavy atom. The second-order valence-corrected chi connectivity index (χ2v) is 10.4. The van der Waals surface area contributed by atoms with Crippen LogP contribution in [-0.2, 0) is 19.2 Å². The highest BCUT2D eigenvalue weighted by Crippen LogP contribution is 2.50. The molecule has 2 amide bonds. The summed E-state index contributed by atoms with van der Waals surface area (Å²) in [6, 6.07) is 8.20. The molecule has 8 nitrogen and oxygen atoms in total. The van der Waals surface area contributed by atoms with Gasteiger partial charge in [-0.15, -0.1) is 11.8 Å². The maximum absolute atomic E-state index is 13.1. The number of benzene rings is 1. The van der Waals surface area contributed by atoms with Gasteiger partial charge in [-0.2, -0.15) is 11.3 Å². The third kappa shape index (κ3) is 3.81. The van der Waals surface area contributed by atoms with Crippen LogP contribution in [0.25, 0.3) is 0 Å². The normalized spacial score (nSPS) is 24.6. The lowest BCUT2D eigenvalue weighted by Gasteiger charge is -2.43. The fourth-order valence-electron chi connectivity index (χ4n) is 3.88. The van der Waals surface area contributed by atoms with Gasteiger partial charge in [0.1, 0.15) is 23.2 Å². The van der Waals surface area contributed by atoms with Gasteiger partial charge in [0.05, 0.1) is 0 Å². The summed E-state index contributed by atoms with van der Waals surface area (Å²) in [5.74, 6) is -3.90. The predicted octanol–water partition coefficient (Wildman–Crippen LogP) is 2.07. The first-order valence-corrected chi connectivity index (χ1v) is 11.3. The lowest BCUT2D eigenvalue weighted by molar-refractivity contribution is -0.161. The van der Waals surface area contributed by atoms with Crippen molar-refractivity contribution in [2.24, 2.45) is 0 Å². The monoisotopic (exact) mass is 460 g/mol. The molecule has 0 spiro atoms. The van der Waals surface area contributed by atoms with E-state index in [9.17, 15) is 24.3 Å². The molecule has 4 atom stereocenters. The first kappa shape index (κ1) is 21.4. The quantitative estimate of drug-likeness (QED) is 0.294. The summed E-state index contributed by atoms with van der Waals surface area (Å²) in [6.45, 7) is 3.51. The number of fused-ring (bicyclic) bond motifs is 1. The maximum atomic E-state index is 13.1. The van der Waals surface area contributed by atoms with Crippen molar-refractivity contribution in [3.05, 3.63) is 52.7 Å². The fourth-order valence-corrected chi connectivity index (χ4v) is 6.19. The zero-order chi connectivity index (χ0) is 22.3. The van der Waals surface area contributed by atoms with Gasteiger partial charge in [-0.3, -0.25) is 14.4 Å². The summed E-state index contributed by atoms with van der Waals surface area (Å²) >= 11 is 2.66. The Kier molecular flexibility index (Phi) is 5.52. The number of hydrogen-bond donors (Lipinski definition) is 2. The Balaban J connectivity index is 1.52. The van der Waals surface area contributed by atoms with Gasteiger partial charge in [0.15, 0.2) is 5.92 Å². The fraction of sp³-hybridized carbons (Fsp3) is 0.333. The van der Waals surface area contributed by atoms with Gasteiger partial charge in [0, 0.05) is 4.75 Å². The van der Waals surface area contributed by atoms with E-state index in [4.69, 9.17) is 4.74 Å². The minimum Gasteiger partial charge on any atom is -0.480 e. The van der Waals surface area contributed by atoms with Crippen molar-refractivity contribution < 1.29 is 29.0 Å². The van der Waals surface area contributed by atoms with Crippen LogP contribution in [0.4, 0.5) is 0 Å². The minimum absolute atomic E-state index is 0.309. The molecule has 2 N–H and O–H groups in total. The Morgan fingerprint density at radius 3 is 2.52 bits per heavy atom. The molecular weight excluding hydrogens is 440 g/mol. The number of ether oxygens (including phenoxy) is 1. The SMILES string of the molecule is CC1(C)S[C@@H]2C(NC(=O)C(C(=O)Oc3ccccc3)c3ccsc3)C(=O)N2[C@H]1C(=O)O. The van der Waals surface area contributed by atoms with E-state index < -0.39 is 51.9 Å². The molecular formula is C21H20N2O6S2. The van der Waals surface area contributed by atoms with Crippen molar-refractivity contribution in [1.82, 2.24) is 10.2 Å². The smallest absolute Gasteiger partial charge is 0.328 e. The molecule has 0 saturated carbocycles. The van der Waals surface area contributed by atoms with Crippen LogP contribution < -0.4 is 10.1 Å². The van der Waals surface area contributed by atoms with Crippen LogP contribution in [0.1, 0.15) is 25.3 Å². The predicted molar refractivity (Wildman–Crippen MR) is 115 cm³/mol. The van der Waals surface area contributed by atoms with Gasteiger partial charge in [-0.1, -0.05) is 18.2 Å². The van der Waals surface area contributed by atoms with Crippen LogP contribution in [0, 0.1) is 0 Å². The number of β-lactam (4-membered cyclic amide) rings is 1. The van der Waals surface area contributed by atoms with E-state index in [0.29, 0.717) is 11.3 Å². The molecule has 2 aromatic rings. The molecule has 31 heavy (non-hydrogen) atoms. The summed E-state index contributed by atoms with van der Waals surface area (Å²) < 4.78 is 4.67. The third-order valence-corrected chi connectivity index (χ3v) is 7.58. The average Bonchev–Trinajstić information content (AvgIpc) is 3.31. The second kappa shape index (κ2) is 8.01. The van der Waals surface area contributed by atoms with Gasteiger partial charge in [-0.05, 0) is 48.4 Å². The number of hydrogen-bond acceptors (Lipinski definition) is 7. The van der Waals surface area contributed by atoms with Crippen molar-refractivity contribution in [2.75, 3.05) is 0 Å². The van der Waals surface area contributed by atoms with Crippen LogP contribution in [-0.4, -0.2) is 56.0 Å². The van der Waals surface area contributed by atoms with Gasteiger partial charge in [0.2, 0.25) is 11.8 Å². The van der Waals surface area contributed by atoms with Crippen molar-refractivity contribution in [3.8, 4) is 5.75 Å². The number of para-hydroxylation sites is 1. The number of rotatable bonds is 6. The van der Waals surface area contributed by atoms with Crippen LogP contribution in [0.5, 0.6) is 5.75 Å². The number of nitrogens with zero attached hydrogens (tertiary/aromatic N) is 1. The number of carbonyl (C=O) groups is 4. The van der Waals surface area contributed by atoms with Gasteiger partial charge >= 0.3 is 11.9 Å². The van der Waals surface area contributed by atoms with Crippen LogP contribution >= 0.6 is 23.1 Å². The number of thioether (sulfide) groups is 1. The molecule has 2 unspecified atom stereocenters. The summed E-state index contributed by atoms with van der Waals surface area (Å²) in [5, 5.41) is 15.1. The van der Waals surface area contributed by atoms with E-state index in [1.807, 2.05) is 0 Å². The molecule has 0 radical (unpaired) electrons. The zero-order valence-corrected chi connectivity index (χ0v) is 18.3. The molecule has 0 bridgehead atoms. The molecule has 3 heterocycles. The van der Waals surface area contributed by atoms with Crippen molar-refractivity contribution in [3.63, 3.8) is 0 Å². The number of thiophene rings is 1. The van der Waals surface area contributed by atoms with E-state index in [2.05, 4.69) is 5.32 Å². The van der Waals surface area contributed by atoms with E-state index in [1.165, 1.54) is 28.0 Å². The molecule has 4 rings (SSSR count). The number of carbonyl (C=O) groups excluding carboxylic acids is 3. The number of aliphatic carboxylic acids is 1. The highest BCUT2D eigenvalue weighted by molar-refractivity contribution is 8.01. The van der Waals surface area contributed by atoms with E-state index in [0.717, 1.165) is 0 Å². The average molecular weight is 461 g/mol. The molecule has 1 aromatic heterocycles. The minimum atomic E-state index is -1.25. The first-order chi connectivity index (χ1) is 14.7.